The predicted molar refractivity (Wildman–Crippen MR) is 95.7 cm³/mol. The van der Waals surface area contributed by atoms with Crippen molar-refractivity contribution in [2.24, 2.45) is 0 Å². The summed E-state index contributed by atoms with van der Waals surface area (Å²) >= 11 is 0. The highest BCUT2D eigenvalue weighted by Gasteiger charge is 2.31. The van der Waals surface area contributed by atoms with Gasteiger partial charge in [-0.3, -0.25) is 4.79 Å². The van der Waals surface area contributed by atoms with Crippen LogP contribution in [0.25, 0.3) is 0 Å². The number of halogens is 3. The van der Waals surface area contributed by atoms with Crippen LogP contribution in [0.4, 0.5) is 13.2 Å². The minimum atomic E-state index is -4.41. The fourth-order valence-corrected chi connectivity index (χ4v) is 3.55. The number of rotatable bonds is 4. The fraction of sp³-hybridized carbons (Fsp3) is 0.526. The molecule has 1 aliphatic carbocycles. The smallest absolute Gasteiger partial charge is 0.417 e. The summed E-state index contributed by atoms with van der Waals surface area (Å²) in [5.41, 5.74) is -0.461. The average Bonchev–Trinajstić information content (AvgIpc) is 3.14. The Kier molecular flexibility index (Phi) is 5.33. The number of carbonyl (C=O) groups is 1. The highest BCUT2D eigenvalue weighted by Crippen LogP contribution is 2.30. The number of alkyl halides is 3. The molecular formula is C19H21F3N4O3. The van der Waals surface area contributed by atoms with Crippen molar-refractivity contribution in [1.29, 1.82) is 0 Å². The number of pyridine rings is 1. The summed E-state index contributed by atoms with van der Waals surface area (Å²) in [5.74, 6) is 0.556. The first-order valence-corrected chi connectivity index (χ1v) is 9.60. The Hall–Kier alpha value is -2.78. The van der Waals surface area contributed by atoms with Gasteiger partial charge in [0.1, 0.15) is 6.10 Å². The second-order valence-corrected chi connectivity index (χ2v) is 7.24. The standard InChI is InChI=1S/C19H21F3N4O3/c20-19(21,22)12-2-7-16(23-11-12)29-14-5-3-13(4-6-14)24-18(27)15-10-17-26(25-15)8-1-9-28-17/h2,7,10-11,13-14H,1,3-6,8-9H2,(H,24,27). The van der Waals surface area contributed by atoms with Gasteiger partial charge in [-0.1, -0.05) is 0 Å². The molecule has 0 aromatic carbocycles. The molecule has 2 aromatic rings. The van der Waals surface area contributed by atoms with Crippen LogP contribution in [-0.4, -0.2) is 39.4 Å². The lowest BCUT2D eigenvalue weighted by Gasteiger charge is -2.29. The molecular weight excluding hydrogens is 389 g/mol. The summed E-state index contributed by atoms with van der Waals surface area (Å²) in [5, 5.41) is 7.26. The number of amides is 1. The van der Waals surface area contributed by atoms with Crippen molar-refractivity contribution in [3.05, 3.63) is 35.7 Å². The van der Waals surface area contributed by atoms with Crippen molar-refractivity contribution in [2.75, 3.05) is 6.61 Å². The molecule has 0 saturated heterocycles. The normalized spacial score (nSPS) is 21.8. The minimum Gasteiger partial charge on any atom is -0.478 e. The molecule has 1 saturated carbocycles. The molecule has 0 radical (unpaired) electrons. The van der Waals surface area contributed by atoms with E-state index in [4.69, 9.17) is 9.47 Å². The van der Waals surface area contributed by atoms with Crippen LogP contribution in [0, 0.1) is 0 Å². The third kappa shape index (κ3) is 4.63. The van der Waals surface area contributed by atoms with Crippen LogP contribution < -0.4 is 14.8 Å². The summed E-state index contributed by atoms with van der Waals surface area (Å²) in [4.78, 5) is 16.2. The van der Waals surface area contributed by atoms with E-state index in [0.29, 0.717) is 43.9 Å². The van der Waals surface area contributed by atoms with Crippen molar-refractivity contribution in [3.8, 4) is 11.8 Å². The number of hydrogen-bond donors (Lipinski definition) is 1. The number of ether oxygens (including phenoxy) is 2. The first kappa shape index (κ1) is 19.5. The predicted octanol–water partition coefficient (Wildman–Crippen LogP) is 3.20. The zero-order chi connectivity index (χ0) is 20.4. The van der Waals surface area contributed by atoms with Gasteiger partial charge in [0.05, 0.1) is 12.2 Å². The number of nitrogens with one attached hydrogen (secondary N) is 1. The van der Waals surface area contributed by atoms with Gasteiger partial charge in [-0.2, -0.15) is 18.3 Å². The number of fused-ring (bicyclic) bond motifs is 1. The van der Waals surface area contributed by atoms with E-state index >= 15 is 0 Å². The maximum Gasteiger partial charge on any atom is 0.417 e. The Labute approximate surface area is 165 Å². The zero-order valence-corrected chi connectivity index (χ0v) is 15.6. The van der Waals surface area contributed by atoms with Crippen molar-refractivity contribution in [3.63, 3.8) is 0 Å². The van der Waals surface area contributed by atoms with Gasteiger partial charge in [-0.15, -0.1) is 0 Å². The minimum absolute atomic E-state index is 0.00237. The van der Waals surface area contributed by atoms with Gasteiger partial charge < -0.3 is 14.8 Å². The van der Waals surface area contributed by atoms with Gasteiger partial charge in [-0.25, -0.2) is 9.67 Å². The lowest BCUT2D eigenvalue weighted by Crippen LogP contribution is -2.40. The molecule has 1 amide bonds. The highest BCUT2D eigenvalue weighted by molar-refractivity contribution is 5.92. The quantitative estimate of drug-likeness (QED) is 0.838. The number of hydrogen-bond acceptors (Lipinski definition) is 5. The second kappa shape index (κ2) is 7.92. The van der Waals surface area contributed by atoms with Crippen molar-refractivity contribution in [2.45, 2.75) is 57.0 Å². The number of carbonyl (C=O) groups excluding carboxylic acids is 1. The lowest BCUT2D eigenvalue weighted by atomic mass is 9.93. The Bertz CT molecular complexity index is 835. The molecule has 1 aliphatic heterocycles. The summed E-state index contributed by atoms with van der Waals surface area (Å²) in [6.45, 7) is 1.37. The van der Waals surface area contributed by atoms with E-state index in [9.17, 15) is 18.0 Å². The molecule has 10 heteroatoms. The van der Waals surface area contributed by atoms with Crippen LogP contribution >= 0.6 is 0 Å². The van der Waals surface area contributed by atoms with E-state index in [1.54, 1.807) is 10.7 Å². The lowest BCUT2D eigenvalue weighted by molar-refractivity contribution is -0.137. The molecule has 156 valence electrons. The molecule has 1 N–H and O–H groups in total. The topological polar surface area (TPSA) is 78.3 Å². The molecule has 0 bridgehead atoms. The molecule has 4 rings (SSSR count). The van der Waals surface area contributed by atoms with Gasteiger partial charge in [-0.05, 0) is 31.7 Å². The van der Waals surface area contributed by atoms with Gasteiger partial charge in [0.2, 0.25) is 11.8 Å². The van der Waals surface area contributed by atoms with Crippen LogP contribution in [-0.2, 0) is 12.7 Å². The van der Waals surface area contributed by atoms with Crippen LogP contribution in [0.1, 0.15) is 48.2 Å². The van der Waals surface area contributed by atoms with E-state index < -0.39 is 11.7 Å². The van der Waals surface area contributed by atoms with E-state index in [-0.39, 0.29) is 23.9 Å². The Morgan fingerprint density at radius 3 is 2.69 bits per heavy atom. The van der Waals surface area contributed by atoms with Gasteiger partial charge in [0, 0.05) is 37.3 Å². The number of aromatic nitrogens is 3. The molecule has 2 aromatic heterocycles. The Morgan fingerprint density at radius 2 is 2.03 bits per heavy atom. The Morgan fingerprint density at radius 1 is 1.24 bits per heavy atom. The number of aryl methyl sites for hydroxylation is 1. The van der Waals surface area contributed by atoms with E-state index in [2.05, 4.69) is 15.4 Å². The third-order valence-corrected chi connectivity index (χ3v) is 5.10. The maximum absolute atomic E-state index is 12.6. The molecule has 29 heavy (non-hydrogen) atoms. The summed E-state index contributed by atoms with van der Waals surface area (Å²) in [6, 6.07) is 3.85. The maximum atomic E-state index is 12.6. The zero-order valence-electron chi connectivity index (χ0n) is 15.6. The summed E-state index contributed by atoms with van der Waals surface area (Å²) in [7, 11) is 0. The van der Waals surface area contributed by atoms with Crippen LogP contribution in [0.15, 0.2) is 24.4 Å². The van der Waals surface area contributed by atoms with Gasteiger partial charge in [0.15, 0.2) is 5.69 Å². The van der Waals surface area contributed by atoms with Crippen LogP contribution in [0.2, 0.25) is 0 Å². The van der Waals surface area contributed by atoms with Gasteiger partial charge >= 0.3 is 6.18 Å². The monoisotopic (exact) mass is 410 g/mol. The average molecular weight is 410 g/mol. The first-order valence-electron chi connectivity index (χ1n) is 9.60. The molecule has 1 fully saturated rings. The third-order valence-electron chi connectivity index (χ3n) is 5.10. The highest BCUT2D eigenvalue weighted by atomic mass is 19.4. The molecule has 2 aliphatic rings. The van der Waals surface area contributed by atoms with E-state index in [0.717, 1.165) is 25.2 Å². The summed E-state index contributed by atoms with van der Waals surface area (Å²) in [6.07, 6.45) is -0.138. The van der Waals surface area contributed by atoms with Crippen molar-refractivity contribution >= 4 is 5.91 Å². The molecule has 0 spiro atoms. The van der Waals surface area contributed by atoms with Crippen molar-refractivity contribution < 1.29 is 27.4 Å². The SMILES string of the molecule is O=C(NC1CCC(Oc2ccc(C(F)(F)F)cn2)CC1)c1cc2n(n1)CCCO2. The van der Waals surface area contributed by atoms with Crippen molar-refractivity contribution in [1.82, 2.24) is 20.1 Å². The first-order chi connectivity index (χ1) is 13.9. The van der Waals surface area contributed by atoms with E-state index in [1.165, 1.54) is 6.07 Å². The molecule has 3 heterocycles. The van der Waals surface area contributed by atoms with E-state index in [1.807, 2.05) is 0 Å². The molecule has 7 nitrogen and oxygen atoms in total. The molecule has 0 atom stereocenters. The second-order valence-electron chi connectivity index (χ2n) is 7.24. The van der Waals surface area contributed by atoms with Crippen LogP contribution in [0.5, 0.6) is 11.8 Å². The summed E-state index contributed by atoms with van der Waals surface area (Å²) < 4.78 is 50.6. The van der Waals surface area contributed by atoms with Crippen LogP contribution in [0.3, 0.4) is 0 Å². The largest absolute Gasteiger partial charge is 0.478 e. The Balaban J connectivity index is 1.26. The molecule has 0 unspecified atom stereocenters. The number of nitrogens with zero attached hydrogens (tertiary/aromatic N) is 3. The van der Waals surface area contributed by atoms with Gasteiger partial charge in [0.25, 0.3) is 5.91 Å². The fourth-order valence-electron chi connectivity index (χ4n) is 3.55.